The molecule has 0 aliphatic carbocycles. The van der Waals surface area contributed by atoms with E-state index in [1.54, 1.807) is 31.2 Å². The number of nitrogens with zero attached hydrogens (tertiary/aromatic N) is 1. The van der Waals surface area contributed by atoms with Gasteiger partial charge in [0.2, 0.25) is 0 Å². The first-order valence-corrected chi connectivity index (χ1v) is 9.14. The summed E-state index contributed by atoms with van der Waals surface area (Å²) < 4.78 is 32.9. The highest BCUT2D eigenvalue weighted by Crippen LogP contribution is 2.38. The Morgan fingerprint density at radius 1 is 1.04 bits per heavy atom. The summed E-state index contributed by atoms with van der Waals surface area (Å²) in [7, 11) is 3.90. The Morgan fingerprint density at radius 3 is 2.04 bits per heavy atom. The quantitative estimate of drug-likeness (QED) is 0.634. The van der Waals surface area contributed by atoms with Crippen molar-refractivity contribution in [2.24, 2.45) is 5.92 Å². The van der Waals surface area contributed by atoms with Gasteiger partial charge in [-0.15, -0.1) is 0 Å². The van der Waals surface area contributed by atoms with Gasteiger partial charge < -0.3 is 9.64 Å². The lowest BCUT2D eigenvalue weighted by atomic mass is 9.77. The van der Waals surface area contributed by atoms with Crippen molar-refractivity contribution in [1.82, 2.24) is 4.90 Å². The number of hydrogen-bond acceptors (Lipinski definition) is 3. The SMILES string of the molecule is CCC(=O)O[C@](Cc1ccc(F)cc1)(c1ccc(F)cc1)[C@H](C)CN(C)C. The average molecular weight is 375 g/mol. The van der Waals surface area contributed by atoms with Gasteiger partial charge in [-0.2, -0.15) is 0 Å². The Balaban J connectivity index is 2.56. The molecule has 0 spiro atoms. The maximum atomic E-state index is 13.5. The normalized spacial score (nSPS) is 14.6. The molecular formula is C22H27F2NO2. The molecule has 0 saturated carbocycles. The van der Waals surface area contributed by atoms with Crippen LogP contribution in [0.2, 0.25) is 0 Å². The van der Waals surface area contributed by atoms with Crippen molar-refractivity contribution in [2.45, 2.75) is 32.3 Å². The van der Waals surface area contributed by atoms with E-state index in [4.69, 9.17) is 4.74 Å². The van der Waals surface area contributed by atoms with Gasteiger partial charge in [-0.05, 0) is 49.5 Å². The topological polar surface area (TPSA) is 29.5 Å². The lowest BCUT2D eigenvalue weighted by Crippen LogP contribution is -2.44. The van der Waals surface area contributed by atoms with Gasteiger partial charge >= 0.3 is 5.97 Å². The second kappa shape index (κ2) is 9.09. The van der Waals surface area contributed by atoms with Gasteiger partial charge in [0.25, 0.3) is 0 Å². The molecule has 0 fully saturated rings. The molecule has 2 atom stereocenters. The number of esters is 1. The predicted molar refractivity (Wildman–Crippen MR) is 102 cm³/mol. The molecule has 27 heavy (non-hydrogen) atoms. The van der Waals surface area contributed by atoms with E-state index in [1.165, 1.54) is 24.3 Å². The van der Waals surface area contributed by atoms with Crippen LogP contribution in [-0.4, -0.2) is 31.5 Å². The third-order valence-corrected chi connectivity index (χ3v) is 4.73. The Kier molecular flexibility index (Phi) is 7.08. The van der Waals surface area contributed by atoms with Crippen molar-refractivity contribution in [3.8, 4) is 0 Å². The maximum Gasteiger partial charge on any atom is 0.306 e. The molecule has 5 heteroatoms. The monoisotopic (exact) mass is 375 g/mol. The molecule has 0 amide bonds. The molecule has 0 unspecified atom stereocenters. The smallest absolute Gasteiger partial charge is 0.306 e. The van der Waals surface area contributed by atoms with Crippen molar-refractivity contribution < 1.29 is 18.3 Å². The third-order valence-electron chi connectivity index (χ3n) is 4.73. The minimum atomic E-state index is -0.983. The number of benzene rings is 2. The highest BCUT2D eigenvalue weighted by atomic mass is 19.1. The van der Waals surface area contributed by atoms with E-state index >= 15 is 0 Å². The molecule has 0 radical (unpaired) electrons. The second-order valence-corrected chi connectivity index (χ2v) is 7.19. The first-order valence-electron chi connectivity index (χ1n) is 9.14. The molecular weight excluding hydrogens is 348 g/mol. The van der Waals surface area contributed by atoms with Gasteiger partial charge in [0.1, 0.15) is 17.2 Å². The fourth-order valence-corrected chi connectivity index (χ4v) is 3.36. The number of carbonyl (C=O) groups is 1. The summed E-state index contributed by atoms with van der Waals surface area (Å²) >= 11 is 0. The van der Waals surface area contributed by atoms with Crippen molar-refractivity contribution in [1.29, 1.82) is 0 Å². The molecule has 0 bridgehead atoms. The van der Waals surface area contributed by atoms with Crippen LogP contribution in [0.5, 0.6) is 0 Å². The number of rotatable bonds is 8. The van der Waals surface area contributed by atoms with Crippen LogP contribution in [0.4, 0.5) is 8.78 Å². The zero-order valence-electron chi connectivity index (χ0n) is 16.3. The summed E-state index contributed by atoms with van der Waals surface area (Å²) in [5, 5.41) is 0. The summed E-state index contributed by atoms with van der Waals surface area (Å²) in [5.74, 6) is -1.08. The molecule has 0 aliphatic heterocycles. The van der Waals surface area contributed by atoms with E-state index in [1.807, 2.05) is 25.9 Å². The molecule has 0 aromatic heterocycles. The highest BCUT2D eigenvalue weighted by molar-refractivity contribution is 5.69. The molecule has 0 N–H and O–H groups in total. The lowest BCUT2D eigenvalue weighted by Gasteiger charge is -2.40. The third kappa shape index (κ3) is 5.36. The lowest BCUT2D eigenvalue weighted by molar-refractivity contribution is -0.168. The van der Waals surface area contributed by atoms with E-state index in [2.05, 4.69) is 0 Å². The molecule has 0 saturated heterocycles. The summed E-state index contributed by atoms with van der Waals surface area (Å²) in [6, 6.07) is 12.2. The Morgan fingerprint density at radius 2 is 1.56 bits per heavy atom. The van der Waals surface area contributed by atoms with E-state index in [0.29, 0.717) is 13.0 Å². The van der Waals surface area contributed by atoms with E-state index in [9.17, 15) is 13.6 Å². The van der Waals surface area contributed by atoms with Crippen molar-refractivity contribution in [2.75, 3.05) is 20.6 Å². The van der Waals surface area contributed by atoms with Crippen molar-refractivity contribution in [3.05, 3.63) is 71.3 Å². The Hall–Kier alpha value is -2.27. The maximum absolute atomic E-state index is 13.5. The second-order valence-electron chi connectivity index (χ2n) is 7.19. The molecule has 2 aromatic rings. The van der Waals surface area contributed by atoms with Crippen molar-refractivity contribution >= 4 is 5.97 Å². The van der Waals surface area contributed by atoms with Crippen LogP contribution in [0.3, 0.4) is 0 Å². The number of ether oxygens (including phenoxy) is 1. The first kappa shape index (κ1) is 21.0. The zero-order valence-corrected chi connectivity index (χ0v) is 16.3. The molecule has 146 valence electrons. The summed E-state index contributed by atoms with van der Waals surface area (Å²) in [6.07, 6.45) is 0.612. The largest absolute Gasteiger partial charge is 0.453 e. The van der Waals surface area contributed by atoms with E-state index in [0.717, 1.165) is 11.1 Å². The van der Waals surface area contributed by atoms with E-state index < -0.39 is 5.60 Å². The first-order chi connectivity index (χ1) is 12.8. The summed E-state index contributed by atoms with van der Waals surface area (Å²) in [5.41, 5.74) is 0.586. The van der Waals surface area contributed by atoms with E-state index in [-0.39, 0.29) is 29.9 Å². The fraction of sp³-hybridized carbons (Fsp3) is 0.409. The van der Waals surface area contributed by atoms with Crippen LogP contribution in [0.15, 0.2) is 48.5 Å². The Bertz CT molecular complexity index is 744. The summed E-state index contributed by atoms with van der Waals surface area (Å²) in [6.45, 7) is 4.41. The van der Waals surface area contributed by atoms with Gasteiger partial charge in [-0.25, -0.2) is 8.78 Å². The van der Waals surface area contributed by atoms with Crippen LogP contribution in [0.1, 0.15) is 31.4 Å². The molecule has 0 heterocycles. The van der Waals surface area contributed by atoms with Crippen molar-refractivity contribution in [3.63, 3.8) is 0 Å². The molecule has 0 aliphatic rings. The minimum absolute atomic E-state index is 0.0847. The van der Waals surface area contributed by atoms with Crippen LogP contribution >= 0.6 is 0 Å². The van der Waals surface area contributed by atoms with Crippen LogP contribution in [0, 0.1) is 17.6 Å². The van der Waals surface area contributed by atoms with Gasteiger partial charge in [-0.1, -0.05) is 38.1 Å². The van der Waals surface area contributed by atoms with Crippen LogP contribution < -0.4 is 0 Å². The predicted octanol–water partition coefficient (Wildman–Crippen LogP) is 4.55. The number of halogens is 2. The summed E-state index contributed by atoms with van der Waals surface area (Å²) in [4.78, 5) is 14.4. The van der Waals surface area contributed by atoms with Gasteiger partial charge in [0.05, 0.1) is 0 Å². The van der Waals surface area contributed by atoms with Gasteiger partial charge in [0, 0.05) is 25.3 Å². The molecule has 3 nitrogen and oxygen atoms in total. The standard InChI is InChI=1S/C22H27F2NO2/c1-5-21(26)27-22(16(2)15-25(3)4,18-8-12-20(24)13-9-18)14-17-6-10-19(23)11-7-17/h6-13,16H,5,14-15H2,1-4H3/t16-,22+/m1/s1. The van der Waals surface area contributed by atoms with Gasteiger partial charge in [-0.3, -0.25) is 4.79 Å². The molecule has 2 rings (SSSR count). The Labute approximate surface area is 160 Å². The average Bonchev–Trinajstić information content (AvgIpc) is 2.62. The van der Waals surface area contributed by atoms with Crippen LogP contribution in [-0.2, 0) is 21.6 Å². The number of hydrogen-bond donors (Lipinski definition) is 0. The minimum Gasteiger partial charge on any atom is -0.453 e. The molecule has 2 aromatic carbocycles. The zero-order chi connectivity index (χ0) is 20.0. The van der Waals surface area contributed by atoms with Gasteiger partial charge in [0.15, 0.2) is 0 Å². The fourth-order valence-electron chi connectivity index (χ4n) is 3.36. The number of carbonyl (C=O) groups excluding carboxylic acids is 1. The highest BCUT2D eigenvalue weighted by Gasteiger charge is 2.42. The van der Waals surface area contributed by atoms with Crippen LogP contribution in [0.25, 0.3) is 0 Å².